The van der Waals surface area contributed by atoms with Gasteiger partial charge in [0.05, 0.1) is 5.52 Å². The predicted octanol–water partition coefficient (Wildman–Crippen LogP) is 5.05. The molecule has 4 aromatic rings. The Bertz CT molecular complexity index is 1220. The second kappa shape index (κ2) is 9.97. The molecule has 2 aromatic heterocycles. The second-order valence-electron chi connectivity index (χ2n) is 7.91. The van der Waals surface area contributed by atoms with E-state index in [1.807, 2.05) is 53.9 Å². The van der Waals surface area contributed by atoms with Gasteiger partial charge in [0, 0.05) is 24.3 Å². The Morgan fingerprint density at radius 1 is 1.00 bits per heavy atom. The number of ether oxygens (including phenoxy) is 1. The van der Waals surface area contributed by atoms with Crippen molar-refractivity contribution >= 4 is 39.1 Å². The van der Waals surface area contributed by atoms with Crippen LogP contribution in [0.2, 0.25) is 0 Å². The van der Waals surface area contributed by atoms with E-state index in [2.05, 4.69) is 25.5 Å². The fraction of sp³-hybridized carbons (Fsp3) is 0.240. The number of para-hydroxylation sites is 1. The number of carbonyl (C=O) groups excluding carboxylic acids is 1. The van der Waals surface area contributed by atoms with Gasteiger partial charge in [-0.1, -0.05) is 18.2 Å². The Hall–Kier alpha value is -3.49. The molecular weight excluding hydrogens is 434 g/mol. The van der Waals surface area contributed by atoms with Crippen LogP contribution >= 0.6 is 11.3 Å². The lowest BCUT2D eigenvalue weighted by molar-refractivity contribution is 0.0950. The van der Waals surface area contributed by atoms with Crippen LogP contribution in [0.4, 0.5) is 11.6 Å². The number of hydrogen-bond acceptors (Lipinski definition) is 7. The van der Waals surface area contributed by atoms with Crippen molar-refractivity contribution in [2.45, 2.75) is 12.8 Å². The molecule has 3 heterocycles. The zero-order valence-corrected chi connectivity index (χ0v) is 19.0. The largest absolute Gasteiger partial charge is 0.437 e. The summed E-state index contributed by atoms with van der Waals surface area (Å²) in [5.74, 6) is 1.61. The number of thiophene rings is 1. The van der Waals surface area contributed by atoms with E-state index in [1.165, 1.54) is 12.8 Å². The number of likely N-dealkylation sites (tertiary alicyclic amines) is 1. The maximum Gasteiger partial charge on any atom is 0.251 e. The number of nitrogens with one attached hydrogen (secondary N) is 2. The first kappa shape index (κ1) is 21.4. The monoisotopic (exact) mass is 459 g/mol. The van der Waals surface area contributed by atoms with E-state index in [9.17, 15) is 4.79 Å². The number of rotatable bonds is 8. The van der Waals surface area contributed by atoms with E-state index in [4.69, 9.17) is 4.74 Å². The van der Waals surface area contributed by atoms with Crippen LogP contribution < -0.4 is 15.4 Å². The summed E-state index contributed by atoms with van der Waals surface area (Å²) in [5, 5.41) is 8.19. The van der Waals surface area contributed by atoms with Crippen molar-refractivity contribution in [3.63, 3.8) is 0 Å². The van der Waals surface area contributed by atoms with Crippen LogP contribution in [0.1, 0.15) is 23.2 Å². The Labute approximate surface area is 196 Å². The summed E-state index contributed by atoms with van der Waals surface area (Å²) >= 11 is 1.54. The quantitative estimate of drug-likeness (QED) is 0.384. The van der Waals surface area contributed by atoms with Crippen LogP contribution in [0.3, 0.4) is 0 Å². The topological polar surface area (TPSA) is 79.4 Å². The third-order valence-corrected chi connectivity index (χ3v) is 6.44. The number of hydrogen-bond donors (Lipinski definition) is 2. The number of benzene rings is 2. The number of carbonyl (C=O) groups is 1. The lowest BCUT2D eigenvalue weighted by atomic mass is 10.2. The summed E-state index contributed by atoms with van der Waals surface area (Å²) in [6.07, 6.45) is 2.51. The van der Waals surface area contributed by atoms with Gasteiger partial charge in [0.2, 0.25) is 11.8 Å². The van der Waals surface area contributed by atoms with Gasteiger partial charge in [0.1, 0.15) is 10.4 Å². The molecule has 2 aromatic carbocycles. The van der Waals surface area contributed by atoms with Gasteiger partial charge in [-0.05, 0) is 73.8 Å². The third kappa shape index (κ3) is 5.30. The summed E-state index contributed by atoms with van der Waals surface area (Å²) in [4.78, 5) is 24.0. The molecule has 0 spiro atoms. The van der Waals surface area contributed by atoms with Crippen LogP contribution in [-0.2, 0) is 0 Å². The smallest absolute Gasteiger partial charge is 0.251 e. The zero-order valence-electron chi connectivity index (χ0n) is 18.2. The molecule has 168 valence electrons. The molecule has 1 amide bonds. The maximum absolute atomic E-state index is 12.4. The van der Waals surface area contributed by atoms with E-state index in [1.54, 1.807) is 23.5 Å². The first-order chi connectivity index (χ1) is 16.2. The molecule has 0 aliphatic carbocycles. The molecule has 0 unspecified atom stereocenters. The van der Waals surface area contributed by atoms with Gasteiger partial charge >= 0.3 is 0 Å². The van der Waals surface area contributed by atoms with Gasteiger partial charge < -0.3 is 20.3 Å². The van der Waals surface area contributed by atoms with Crippen LogP contribution in [0, 0.1) is 0 Å². The highest BCUT2D eigenvalue weighted by Gasteiger charge is 2.13. The fourth-order valence-electron chi connectivity index (χ4n) is 3.83. The van der Waals surface area contributed by atoms with Crippen molar-refractivity contribution < 1.29 is 9.53 Å². The van der Waals surface area contributed by atoms with Gasteiger partial charge in [0.25, 0.3) is 5.91 Å². The number of aromatic nitrogens is 2. The Morgan fingerprint density at radius 2 is 1.79 bits per heavy atom. The molecule has 1 aliphatic rings. The summed E-state index contributed by atoms with van der Waals surface area (Å²) in [6, 6.07) is 18.8. The van der Waals surface area contributed by atoms with E-state index in [0.29, 0.717) is 23.9 Å². The van der Waals surface area contributed by atoms with Gasteiger partial charge in [-0.15, -0.1) is 11.3 Å². The normalized spacial score (nSPS) is 13.8. The standard InChI is InChI=1S/C25H25N5O2S/c31-23(26-13-16-30-14-4-5-15-30)18-8-10-19(11-9-18)27-25-28-21-12-17-33-22(21)24(29-25)32-20-6-2-1-3-7-20/h1-3,6-12,17H,4-5,13-16H2,(H,26,31)(H,27,28,29). The van der Waals surface area contributed by atoms with Gasteiger partial charge in [-0.2, -0.15) is 4.98 Å². The van der Waals surface area contributed by atoms with Crippen molar-refractivity contribution in [3.8, 4) is 11.6 Å². The van der Waals surface area contributed by atoms with E-state index in [-0.39, 0.29) is 5.91 Å². The second-order valence-corrected chi connectivity index (χ2v) is 8.83. The number of nitrogens with zero attached hydrogens (tertiary/aromatic N) is 3. The minimum atomic E-state index is -0.0600. The average molecular weight is 460 g/mol. The molecule has 0 bridgehead atoms. The first-order valence-electron chi connectivity index (χ1n) is 11.1. The van der Waals surface area contributed by atoms with Crippen LogP contribution in [-0.4, -0.2) is 47.0 Å². The molecule has 33 heavy (non-hydrogen) atoms. The Morgan fingerprint density at radius 3 is 2.58 bits per heavy atom. The summed E-state index contributed by atoms with van der Waals surface area (Å²) in [5.41, 5.74) is 2.24. The number of amides is 1. The minimum absolute atomic E-state index is 0.0600. The highest BCUT2D eigenvalue weighted by Crippen LogP contribution is 2.32. The number of fused-ring (bicyclic) bond motifs is 1. The summed E-state index contributed by atoms with van der Waals surface area (Å²) < 4.78 is 6.91. The van der Waals surface area contributed by atoms with Crippen molar-refractivity contribution in [3.05, 3.63) is 71.6 Å². The average Bonchev–Trinajstić information content (AvgIpc) is 3.52. The van der Waals surface area contributed by atoms with Crippen molar-refractivity contribution in [2.24, 2.45) is 0 Å². The van der Waals surface area contributed by atoms with Gasteiger partial charge in [0.15, 0.2) is 0 Å². The number of anilines is 2. The van der Waals surface area contributed by atoms with E-state index < -0.39 is 0 Å². The van der Waals surface area contributed by atoms with E-state index in [0.717, 1.165) is 41.3 Å². The molecule has 1 fully saturated rings. The minimum Gasteiger partial charge on any atom is -0.437 e. The fourth-order valence-corrected chi connectivity index (χ4v) is 4.59. The molecule has 0 atom stereocenters. The maximum atomic E-state index is 12.4. The van der Waals surface area contributed by atoms with Gasteiger partial charge in [-0.25, -0.2) is 4.98 Å². The lowest BCUT2D eigenvalue weighted by Gasteiger charge is -2.14. The molecule has 2 N–H and O–H groups in total. The van der Waals surface area contributed by atoms with Crippen LogP contribution in [0.25, 0.3) is 10.2 Å². The van der Waals surface area contributed by atoms with Crippen molar-refractivity contribution in [1.29, 1.82) is 0 Å². The molecule has 0 radical (unpaired) electrons. The lowest BCUT2D eigenvalue weighted by Crippen LogP contribution is -2.33. The summed E-state index contributed by atoms with van der Waals surface area (Å²) in [7, 11) is 0. The molecule has 1 aliphatic heterocycles. The first-order valence-corrected chi connectivity index (χ1v) is 12.0. The molecule has 0 saturated carbocycles. The SMILES string of the molecule is O=C(NCCN1CCCC1)c1ccc(Nc2nc(Oc3ccccc3)c3sccc3n2)cc1. The summed E-state index contributed by atoms with van der Waals surface area (Å²) in [6.45, 7) is 3.83. The van der Waals surface area contributed by atoms with Crippen LogP contribution in [0.15, 0.2) is 66.0 Å². The van der Waals surface area contributed by atoms with Crippen molar-refractivity contribution in [1.82, 2.24) is 20.2 Å². The molecule has 7 nitrogen and oxygen atoms in total. The highest BCUT2D eigenvalue weighted by atomic mass is 32.1. The molecule has 5 rings (SSSR count). The Balaban J connectivity index is 1.25. The third-order valence-electron chi connectivity index (χ3n) is 5.55. The zero-order chi connectivity index (χ0) is 22.5. The molecule has 1 saturated heterocycles. The van der Waals surface area contributed by atoms with Crippen LogP contribution in [0.5, 0.6) is 11.6 Å². The van der Waals surface area contributed by atoms with E-state index >= 15 is 0 Å². The highest BCUT2D eigenvalue weighted by molar-refractivity contribution is 7.17. The van der Waals surface area contributed by atoms with Crippen molar-refractivity contribution in [2.75, 3.05) is 31.5 Å². The predicted molar refractivity (Wildman–Crippen MR) is 132 cm³/mol. The Kier molecular flexibility index (Phi) is 6.46. The molecule has 8 heteroatoms. The molecular formula is C25H25N5O2S. The van der Waals surface area contributed by atoms with Gasteiger partial charge in [-0.3, -0.25) is 4.79 Å².